The number of allylic oxidation sites excluding steroid dienone is 2. The molecule has 0 nitrogen and oxygen atoms in total. The molecule has 0 aliphatic heterocycles. The molecule has 0 bridgehead atoms. The highest BCUT2D eigenvalue weighted by Gasteiger charge is 1.88. The lowest BCUT2D eigenvalue weighted by Gasteiger charge is -1.98. The van der Waals surface area contributed by atoms with Crippen molar-refractivity contribution in [3.8, 4) is 0 Å². The second-order valence-corrected chi connectivity index (χ2v) is 2.80. The molecule has 0 rings (SSSR count). The zero-order valence-corrected chi connectivity index (χ0v) is 7.32. The van der Waals surface area contributed by atoms with Crippen LogP contribution < -0.4 is 0 Å². The molecule has 0 spiro atoms. The average Bonchev–Trinajstić information content (AvgIpc) is 1.98. The first-order chi connectivity index (χ1) is 4.81. The maximum absolute atomic E-state index is 3.81. The van der Waals surface area contributed by atoms with Gasteiger partial charge in [-0.3, -0.25) is 0 Å². The van der Waals surface area contributed by atoms with Crippen LogP contribution >= 0.6 is 0 Å². The van der Waals surface area contributed by atoms with Gasteiger partial charge < -0.3 is 0 Å². The van der Waals surface area contributed by atoms with E-state index in [1.54, 1.807) is 0 Å². The van der Waals surface area contributed by atoms with Crippen LogP contribution in [0.3, 0.4) is 0 Å². The Labute approximate surface area is 65.3 Å². The molecule has 0 N–H and O–H groups in total. The molecule has 10 heavy (non-hydrogen) atoms. The Morgan fingerprint density at radius 3 is 2.50 bits per heavy atom. The first kappa shape index (κ1) is 9.74. The second kappa shape index (κ2) is 6.85. The zero-order chi connectivity index (χ0) is 7.82. The van der Waals surface area contributed by atoms with Gasteiger partial charge in [-0.2, -0.15) is 0 Å². The minimum atomic E-state index is 1.09. The van der Waals surface area contributed by atoms with E-state index in [-0.39, 0.29) is 0 Å². The van der Waals surface area contributed by atoms with Crippen molar-refractivity contribution in [1.29, 1.82) is 0 Å². The van der Waals surface area contributed by atoms with Crippen LogP contribution in [0.25, 0.3) is 0 Å². The summed E-state index contributed by atoms with van der Waals surface area (Å²) < 4.78 is 0. The molecule has 0 saturated heterocycles. The quantitative estimate of drug-likeness (QED) is 0.402. The summed E-state index contributed by atoms with van der Waals surface area (Å²) >= 11 is 0. The topological polar surface area (TPSA) is 0 Å². The molecule has 0 heteroatoms. The minimum absolute atomic E-state index is 1.09. The minimum Gasteiger partial charge on any atom is -0.0887 e. The van der Waals surface area contributed by atoms with Gasteiger partial charge in [-0.25, -0.2) is 0 Å². The molecule has 0 aromatic carbocycles. The van der Waals surface area contributed by atoms with Crippen molar-refractivity contribution in [2.45, 2.75) is 46.0 Å². The fourth-order valence-corrected chi connectivity index (χ4v) is 0.902. The summed E-state index contributed by atoms with van der Waals surface area (Å²) in [6.07, 6.45) is 8.53. The van der Waals surface area contributed by atoms with Gasteiger partial charge in [-0.15, -0.1) is 0 Å². The molecular weight excluding hydrogens is 120 g/mol. The zero-order valence-electron chi connectivity index (χ0n) is 7.32. The maximum atomic E-state index is 3.81. The van der Waals surface area contributed by atoms with Crippen molar-refractivity contribution in [3.05, 3.63) is 18.6 Å². The predicted molar refractivity (Wildman–Crippen MR) is 47.9 cm³/mol. The van der Waals surface area contributed by atoms with E-state index in [1.807, 2.05) is 0 Å². The van der Waals surface area contributed by atoms with Gasteiger partial charge in [0.2, 0.25) is 0 Å². The van der Waals surface area contributed by atoms with Crippen LogP contribution in [-0.4, -0.2) is 0 Å². The Kier molecular flexibility index (Phi) is 6.68. The number of hydrogen-bond donors (Lipinski definition) is 0. The van der Waals surface area contributed by atoms with Crippen LogP contribution in [0.1, 0.15) is 46.0 Å². The molecule has 0 aromatic heterocycles. The largest absolute Gasteiger partial charge is 0.0887 e. The van der Waals surface area contributed by atoms with Crippen molar-refractivity contribution in [3.63, 3.8) is 0 Å². The van der Waals surface area contributed by atoms with Crippen LogP contribution in [-0.2, 0) is 0 Å². The van der Waals surface area contributed by atoms with Crippen molar-refractivity contribution in [1.82, 2.24) is 0 Å². The van der Waals surface area contributed by atoms with Crippen molar-refractivity contribution >= 4 is 0 Å². The monoisotopic (exact) mass is 139 g/mol. The van der Waals surface area contributed by atoms with Crippen LogP contribution in [0.4, 0.5) is 0 Å². The highest BCUT2D eigenvalue weighted by atomic mass is 13.9. The van der Waals surface area contributed by atoms with Crippen LogP contribution in [0.15, 0.2) is 11.6 Å². The lowest BCUT2D eigenvalue weighted by atomic mass is 10.1. The molecule has 0 aliphatic rings. The molecule has 0 heterocycles. The van der Waals surface area contributed by atoms with Gasteiger partial charge in [0.05, 0.1) is 0 Å². The molecule has 0 aliphatic carbocycles. The summed E-state index contributed by atoms with van der Waals surface area (Å²) in [4.78, 5) is 0. The van der Waals surface area contributed by atoms with Gasteiger partial charge in [0.15, 0.2) is 0 Å². The summed E-state index contributed by atoms with van der Waals surface area (Å²) in [6.45, 7) is 8.11. The van der Waals surface area contributed by atoms with Gasteiger partial charge in [0.25, 0.3) is 0 Å². The SMILES string of the molecule is [CH2]CCCCC/C(C)=C/C. The molecule has 59 valence electrons. The van der Waals surface area contributed by atoms with E-state index in [4.69, 9.17) is 0 Å². The van der Waals surface area contributed by atoms with E-state index >= 15 is 0 Å². The molecule has 0 amide bonds. The van der Waals surface area contributed by atoms with Crippen LogP contribution in [0, 0.1) is 6.92 Å². The highest BCUT2D eigenvalue weighted by Crippen LogP contribution is 2.08. The maximum Gasteiger partial charge on any atom is -0.0323 e. The van der Waals surface area contributed by atoms with Crippen LogP contribution in [0.5, 0.6) is 0 Å². The molecular formula is C10H19. The van der Waals surface area contributed by atoms with Gasteiger partial charge >= 0.3 is 0 Å². The number of unbranched alkanes of at least 4 members (excludes halogenated alkanes) is 3. The van der Waals surface area contributed by atoms with Gasteiger partial charge in [0.1, 0.15) is 0 Å². The second-order valence-electron chi connectivity index (χ2n) is 2.80. The number of hydrogen-bond acceptors (Lipinski definition) is 0. The normalized spacial score (nSPS) is 12.1. The Morgan fingerprint density at radius 1 is 1.30 bits per heavy atom. The molecule has 0 saturated carbocycles. The summed E-state index contributed by atoms with van der Waals surface area (Å²) in [6, 6.07) is 0. The van der Waals surface area contributed by atoms with E-state index in [9.17, 15) is 0 Å². The third-order valence-corrected chi connectivity index (χ3v) is 1.81. The average molecular weight is 139 g/mol. The first-order valence-corrected chi connectivity index (χ1v) is 4.22. The predicted octanol–water partition coefficient (Wildman–Crippen LogP) is 3.74. The van der Waals surface area contributed by atoms with E-state index in [0.29, 0.717) is 0 Å². The van der Waals surface area contributed by atoms with E-state index < -0.39 is 0 Å². The van der Waals surface area contributed by atoms with Crippen molar-refractivity contribution in [2.24, 2.45) is 0 Å². The molecule has 0 unspecified atom stereocenters. The molecule has 0 atom stereocenters. The Balaban J connectivity index is 3.04. The smallest absolute Gasteiger partial charge is 0.0323 e. The fourth-order valence-electron chi connectivity index (χ4n) is 0.902. The van der Waals surface area contributed by atoms with E-state index in [0.717, 1.165) is 6.42 Å². The van der Waals surface area contributed by atoms with E-state index in [1.165, 1.54) is 31.3 Å². The summed E-state index contributed by atoms with van der Waals surface area (Å²) in [7, 11) is 0. The van der Waals surface area contributed by atoms with E-state index in [2.05, 4.69) is 26.8 Å². The number of rotatable bonds is 5. The Bertz CT molecular complexity index is 90.2. The van der Waals surface area contributed by atoms with Gasteiger partial charge in [-0.1, -0.05) is 37.8 Å². The summed E-state index contributed by atoms with van der Waals surface area (Å²) in [5, 5.41) is 0. The standard InChI is InChI=1S/C10H19/c1-4-6-7-8-9-10(3)5-2/h5H,1,4,6-9H2,2-3H3/b10-5+. The fraction of sp³-hybridized carbons (Fsp3) is 0.700. The lowest BCUT2D eigenvalue weighted by Crippen LogP contribution is -1.78. The highest BCUT2D eigenvalue weighted by molar-refractivity contribution is 4.94. The summed E-state index contributed by atoms with van der Waals surface area (Å²) in [5.41, 5.74) is 1.52. The Morgan fingerprint density at radius 2 is 2.00 bits per heavy atom. The van der Waals surface area contributed by atoms with Gasteiger partial charge in [-0.05, 0) is 26.7 Å². The first-order valence-electron chi connectivity index (χ1n) is 4.22. The van der Waals surface area contributed by atoms with Gasteiger partial charge in [0, 0.05) is 0 Å². The molecule has 1 radical (unpaired) electrons. The third kappa shape index (κ3) is 5.87. The van der Waals surface area contributed by atoms with Crippen molar-refractivity contribution < 1.29 is 0 Å². The molecule has 0 aromatic rings. The Hall–Kier alpha value is -0.260. The lowest BCUT2D eigenvalue weighted by molar-refractivity contribution is 0.682. The molecule has 0 fully saturated rings. The van der Waals surface area contributed by atoms with Crippen molar-refractivity contribution in [2.75, 3.05) is 0 Å². The third-order valence-electron chi connectivity index (χ3n) is 1.81. The van der Waals surface area contributed by atoms with Crippen LogP contribution in [0.2, 0.25) is 0 Å². The summed E-state index contributed by atoms with van der Waals surface area (Å²) in [5.74, 6) is 0.